The highest BCUT2D eigenvalue weighted by atomic mass is 35.5. The summed E-state index contributed by atoms with van der Waals surface area (Å²) in [5, 5.41) is 15.8. The summed E-state index contributed by atoms with van der Waals surface area (Å²) >= 11 is 5.83. The first kappa shape index (κ1) is 19.5. The van der Waals surface area contributed by atoms with Gasteiger partial charge in [0.05, 0.1) is 21.2 Å². The number of anilines is 2. The monoisotopic (exact) mass is 387 g/mol. The van der Waals surface area contributed by atoms with Crippen molar-refractivity contribution < 1.29 is 22.9 Å². The number of amides is 1. The van der Waals surface area contributed by atoms with Gasteiger partial charge >= 0.3 is 6.18 Å². The number of halogens is 4. The minimum Gasteiger partial charge on any atom is -0.374 e. The van der Waals surface area contributed by atoms with Crippen molar-refractivity contribution in [2.24, 2.45) is 0 Å². The Labute approximate surface area is 151 Å². The number of non-ortho nitro benzene ring substituents is 1. The highest BCUT2D eigenvalue weighted by Gasteiger charge is 2.31. The molecule has 0 aromatic heterocycles. The number of hydrogen-bond donors (Lipinski definition) is 2. The van der Waals surface area contributed by atoms with E-state index >= 15 is 0 Å². The molecule has 0 bridgehead atoms. The zero-order valence-electron chi connectivity index (χ0n) is 13.3. The fourth-order valence-corrected chi connectivity index (χ4v) is 2.23. The number of nitro groups is 1. The third kappa shape index (κ3) is 4.85. The van der Waals surface area contributed by atoms with Crippen LogP contribution in [-0.2, 0) is 11.0 Å². The molecule has 0 aliphatic heterocycles. The van der Waals surface area contributed by atoms with E-state index in [-0.39, 0.29) is 16.4 Å². The van der Waals surface area contributed by atoms with E-state index < -0.39 is 28.6 Å². The third-order valence-corrected chi connectivity index (χ3v) is 3.71. The molecule has 26 heavy (non-hydrogen) atoms. The van der Waals surface area contributed by atoms with Crippen LogP contribution >= 0.6 is 11.6 Å². The highest BCUT2D eigenvalue weighted by molar-refractivity contribution is 6.33. The van der Waals surface area contributed by atoms with Gasteiger partial charge in [0.1, 0.15) is 6.04 Å². The lowest BCUT2D eigenvalue weighted by Crippen LogP contribution is -2.32. The molecule has 2 aromatic carbocycles. The predicted octanol–water partition coefficient (Wildman–Crippen LogP) is 4.71. The molecule has 1 amide bonds. The first-order valence-corrected chi connectivity index (χ1v) is 7.64. The first-order valence-electron chi connectivity index (χ1n) is 7.26. The molecule has 10 heteroatoms. The van der Waals surface area contributed by atoms with Crippen molar-refractivity contribution in [3.8, 4) is 0 Å². The average molecular weight is 388 g/mol. The van der Waals surface area contributed by atoms with Gasteiger partial charge in [-0.05, 0) is 31.2 Å². The second kappa shape index (κ2) is 7.61. The van der Waals surface area contributed by atoms with E-state index in [0.29, 0.717) is 5.69 Å². The van der Waals surface area contributed by atoms with Crippen LogP contribution in [0.3, 0.4) is 0 Å². The summed E-state index contributed by atoms with van der Waals surface area (Å²) in [6, 6.07) is 7.19. The maximum Gasteiger partial charge on any atom is 0.416 e. The topological polar surface area (TPSA) is 84.3 Å². The molecule has 0 spiro atoms. The average Bonchev–Trinajstić information content (AvgIpc) is 2.55. The number of nitrogens with one attached hydrogen (secondary N) is 2. The van der Waals surface area contributed by atoms with Crippen molar-refractivity contribution in [2.45, 2.75) is 19.1 Å². The number of nitro benzene ring substituents is 1. The molecule has 0 saturated heterocycles. The second-order valence-electron chi connectivity index (χ2n) is 5.36. The number of carbonyl (C=O) groups excluding carboxylic acids is 1. The molecule has 138 valence electrons. The molecule has 0 fully saturated rings. The smallest absolute Gasteiger partial charge is 0.374 e. The Hall–Kier alpha value is -2.81. The summed E-state index contributed by atoms with van der Waals surface area (Å²) in [5.41, 5.74) is -0.976. The van der Waals surface area contributed by atoms with Crippen LogP contribution in [0.2, 0.25) is 5.02 Å². The van der Waals surface area contributed by atoms with Crippen LogP contribution in [-0.4, -0.2) is 16.9 Å². The SMILES string of the molecule is C[C@H](Nc1cccc([N+](=O)[O-])c1)C(=O)Nc1cc(C(F)(F)F)ccc1Cl. The molecular weight excluding hydrogens is 375 g/mol. The quantitative estimate of drug-likeness (QED) is 0.575. The summed E-state index contributed by atoms with van der Waals surface area (Å²) in [7, 11) is 0. The minimum atomic E-state index is -4.57. The van der Waals surface area contributed by atoms with Gasteiger partial charge in [-0.25, -0.2) is 0 Å². The van der Waals surface area contributed by atoms with Crippen LogP contribution in [0.4, 0.5) is 30.2 Å². The fraction of sp³-hybridized carbons (Fsp3) is 0.188. The van der Waals surface area contributed by atoms with Crippen molar-refractivity contribution >= 4 is 34.6 Å². The van der Waals surface area contributed by atoms with E-state index in [9.17, 15) is 28.1 Å². The van der Waals surface area contributed by atoms with Gasteiger partial charge in [0.15, 0.2) is 0 Å². The number of alkyl halides is 3. The van der Waals surface area contributed by atoms with E-state index in [4.69, 9.17) is 11.6 Å². The van der Waals surface area contributed by atoms with Crippen LogP contribution < -0.4 is 10.6 Å². The van der Waals surface area contributed by atoms with Crippen LogP contribution in [0, 0.1) is 10.1 Å². The maximum absolute atomic E-state index is 12.8. The number of hydrogen-bond acceptors (Lipinski definition) is 4. The fourth-order valence-electron chi connectivity index (χ4n) is 2.06. The van der Waals surface area contributed by atoms with E-state index in [0.717, 1.165) is 18.2 Å². The second-order valence-corrected chi connectivity index (χ2v) is 5.76. The molecule has 0 unspecified atom stereocenters. The molecule has 2 rings (SSSR count). The van der Waals surface area contributed by atoms with Crippen molar-refractivity contribution in [3.05, 3.63) is 63.2 Å². The molecule has 0 heterocycles. The van der Waals surface area contributed by atoms with Crippen molar-refractivity contribution in [2.75, 3.05) is 10.6 Å². The maximum atomic E-state index is 12.8. The largest absolute Gasteiger partial charge is 0.416 e. The Morgan fingerprint density at radius 2 is 1.92 bits per heavy atom. The van der Waals surface area contributed by atoms with E-state index in [1.165, 1.54) is 31.2 Å². The Morgan fingerprint density at radius 1 is 1.23 bits per heavy atom. The van der Waals surface area contributed by atoms with Crippen LogP contribution in [0.15, 0.2) is 42.5 Å². The Kier molecular flexibility index (Phi) is 5.71. The number of rotatable bonds is 5. The van der Waals surface area contributed by atoms with Gasteiger partial charge in [-0.1, -0.05) is 17.7 Å². The summed E-state index contributed by atoms with van der Waals surface area (Å²) in [6.45, 7) is 1.45. The van der Waals surface area contributed by atoms with Gasteiger partial charge in [0.2, 0.25) is 5.91 Å². The summed E-state index contributed by atoms with van der Waals surface area (Å²) in [5.74, 6) is -0.655. The predicted molar refractivity (Wildman–Crippen MR) is 91.3 cm³/mol. The van der Waals surface area contributed by atoms with Crippen molar-refractivity contribution in [3.63, 3.8) is 0 Å². The van der Waals surface area contributed by atoms with Gasteiger partial charge in [-0.15, -0.1) is 0 Å². The lowest BCUT2D eigenvalue weighted by molar-refractivity contribution is -0.384. The number of benzene rings is 2. The van der Waals surface area contributed by atoms with Crippen LogP contribution in [0.25, 0.3) is 0 Å². The Morgan fingerprint density at radius 3 is 2.54 bits per heavy atom. The zero-order valence-corrected chi connectivity index (χ0v) is 14.1. The van der Waals surface area contributed by atoms with Gasteiger partial charge in [-0.3, -0.25) is 14.9 Å². The third-order valence-electron chi connectivity index (χ3n) is 3.38. The molecular formula is C16H13ClF3N3O3. The molecule has 0 radical (unpaired) electrons. The van der Waals surface area contributed by atoms with Crippen LogP contribution in [0.5, 0.6) is 0 Å². The molecule has 2 N–H and O–H groups in total. The number of nitrogens with zero attached hydrogens (tertiary/aromatic N) is 1. The molecule has 6 nitrogen and oxygen atoms in total. The molecule has 1 atom stereocenters. The lowest BCUT2D eigenvalue weighted by Gasteiger charge is -2.17. The van der Waals surface area contributed by atoms with Crippen molar-refractivity contribution in [1.82, 2.24) is 0 Å². The Balaban J connectivity index is 2.12. The Bertz CT molecular complexity index is 843. The molecule has 2 aromatic rings. The van der Waals surface area contributed by atoms with Gasteiger partial charge < -0.3 is 10.6 Å². The lowest BCUT2D eigenvalue weighted by atomic mass is 10.2. The van der Waals surface area contributed by atoms with Crippen molar-refractivity contribution in [1.29, 1.82) is 0 Å². The zero-order chi connectivity index (χ0) is 19.5. The summed E-state index contributed by atoms with van der Waals surface area (Å²) < 4.78 is 38.3. The van der Waals surface area contributed by atoms with E-state index in [1.54, 1.807) is 0 Å². The van der Waals surface area contributed by atoms with E-state index in [2.05, 4.69) is 10.6 Å². The van der Waals surface area contributed by atoms with Crippen LogP contribution in [0.1, 0.15) is 12.5 Å². The summed E-state index contributed by atoms with van der Waals surface area (Å²) in [4.78, 5) is 22.4. The van der Waals surface area contributed by atoms with E-state index in [1.807, 2.05) is 0 Å². The molecule has 0 aliphatic carbocycles. The number of carbonyl (C=O) groups is 1. The molecule has 0 saturated carbocycles. The molecule has 0 aliphatic rings. The standard InChI is InChI=1S/C16H13ClF3N3O3/c1-9(21-11-3-2-4-12(8-11)23(25)26)15(24)22-14-7-10(16(18,19)20)5-6-13(14)17/h2-9,21H,1H3,(H,22,24)/t9-/m0/s1. The minimum absolute atomic E-state index is 0.0473. The highest BCUT2D eigenvalue weighted by Crippen LogP contribution is 2.33. The van der Waals surface area contributed by atoms with Gasteiger partial charge in [0.25, 0.3) is 5.69 Å². The summed E-state index contributed by atoms with van der Waals surface area (Å²) in [6.07, 6.45) is -4.57. The first-order chi connectivity index (χ1) is 12.1. The van der Waals surface area contributed by atoms with Gasteiger partial charge in [-0.2, -0.15) is 13.2 Å². The normalized spacial score (nSPS) is 12.3. The van der Waals surface area contributed by atoms with Gasteiger partial charge in [0, 0.05) is 17.8 Å².